The van der Waals surface area contributed by atoms with E-state index < -0.39 is 5.54 Å². The summed E-state index contributed by atoms with van der Waals surface area (Å²) < 4.78 is 5.29. The van der Waals surface area contributed by atoms with E-state index in [1.807, 2.05) is 6.92 Å². The third-order valence-electron chi connectivity index (χ3n) is 3.97. The smallest absolute Gasteiger partial charge is 0.326 e. The number of carbonyl (C=O) groups excluding carboxylic acids is 1. The molecular formula is C14H26N2O2. The fraction of sp³-hybridized carbons (Fsp3) is 0.929. The van der Waals surface area contributed by atoms with Crippen molar-refractivity contribution in [1.82, 2.24) is 10.2 Å². The lowest BCUT2D eigenvalue weighted by Gasteiger charge is -2.40. The van der Waals surface area contributed by atoms with Gasteiger partial charge in [-0.15, -0.1) is 0 Å². The number of nitrogens with one attached hydrogen (secondary N) is 1. The molecule has 2 fully saturated rings. The summed E-state index contributed by atoms with van der Waals surface area (Å²) >= 11 is 0. The first-order chi connectivity index (χ1) is 8.70. The molecule has 0 atom stereocenters. The highest BCUT2D eigenvalue weighted by Crippen LogP contribution is 2.30. The SMILES string of the molecule is CCCN1CCC(NC2CC2)(C(=O)OCC)CC1. The van der Waals surface area contributed by atoms with Crippen molar-refractivity contribution in [3.63, 3.8) is 0 Å². The molecule has 1 N–H and O–H groups in total. The van der Waals surface area contributed by atoms with Gasteiger partial charge in [0.2, 0.25) is 0 Å². The van der Waals surface area contributed by atoms with E-state index >= 15 is 0 Å². The molecule has 0 bridgehead atoms. The molecule has 1 saturated carbocycles. The predicted octanol–water partition coefficient (Wildman–Crippen LogP) is 1.55. The molecule has 0 aromatic rings. The van der Waals surface area contributed by atoms with Crippen LogP contribution in [0.4, 0.5) is 0 Å². The van der Waals surface area contributed by atoms with Crippen LogP contribution in [0, 0.1) is 0 Å². The van der Waals surface area contributed by atoms with Crippen LogP contribution in [0.15, 0.2) is 0 Å². The van der Waals surface area contributed by atoms with Crippen molar-refractivity contribution in [3.05, 3.63) is 0 Å². The zero-order valence-electron chi connectivity index (χ0n) is 11.7. The van der Waals surface area contributed by atoms with Crippen LogP contribution < -0.4 is 5.32 Å². The first-order valence-electron chi connectivity index (χ1n) is 7.37. The van der Waals surface area contributed by atoms with E-state index in [-0.39, 0.29) is 5.97 Å². The Balaban J connectivity index is 1.95. The van der Waals surface area contributed by atoms with Gasteiger partial charge < -0.3 is 9.64 Å². The Morgan fingerprint density at radius 3 is 2.50 bits per heavy atom. The lowest BCUT2D eigenvalue weighted by Crippen LogP contribution is -2.59. The van der Waals surface area contributed by atoms with Gasteiger partial charge in [-0.05, 0) is 45.6 Å². The molecule has 0 radical (unpaired) electrons. The zero-order chi connectivity index (χ0) is 13.0. The second kappa shape index (κ2) is 6.02. The van der Waals surface area contributed by atoms with Gasteiger partial charge in [-0.25, -0.2) is 0 Å². The number of likely N-dealkylation sites (tertiary alicyclic amines) is 1. The topological polar surface area (TPSA) is 41.6 Å². The Kier molecular flexibility index (Phi) is 4.62. The number of piperidine rings is 1. The Morgan fingerprint density at radius 1 is 1.33 bits per heavy atom. The molecule has 1 aliphatic carbocycles. The van der Waals surface area contributed by atoms with Crippen LogP contribution in [0.1, 0.15) is 46.0 Å². The highest BCUT2D eigenvalue weighted by molar-refractivity contribution is 5.81. The number of esters is 1. The summed E-state index contributed by atoms with van der Waals surface area (Å²) in [5.74, 6) is -0.0342. The van der Waals surface area contributed by atoms with Crippen molar-refractivity contribution < 1.29 is 9.53 Å². The minimum Gasteiger partial charge on any atom is -0.465 e. The molecule has 0 unspecified atom stereocenters. The number of ether oxygens (including phenoxy) is 1. The molecule has 1 heterocycles. The van der Waals surface area contributed by atoms with Gasteiger partial charge in [0.25, 0.3) is 0 Å². The summed E-state index contributed by atoms with van der Waals surface area (Å²) in [6.07, 6.45) is 5.38. The predicted molar refractivity (Wildman–Crippen MR) is 71.5 cm³/mol. The minimum atomic E-state index is -0.401. The highest BCUT2D eigenvalue weighted by atomic mass is 16.5. The maximum absolute atomic E-state index is 12.2. The Bertz CT molecular complexity index is 282. The number of rotatable bonds is 6. The van der Waals surface area contributed by atoms with E-state index in [4.69, 9.17) is 4.74 Å². The number of nitrogens with zero attached hydrogens (tertiary/aromatic N) is 1. The standard InChI is InChI=1S/C14H26N2O2/c1-3-9-16-10-7-14(8-11-16,13(17)18-4-2)15-12-5-6-12/h12,15H,3-11H2,1-2H3. The lowest BCUT2D eigenvalue weighted by molar-refractivity contribution is -0.153. The molecular weight excluding hydrogens is 228 g/mol. The molecule has 104 valence electrons. The fourth-order valence-corrected chi connectivity index (χ4v) is 2.77. The molecule has 0 spiro atoms. The van der Waals surface area contributed by atoms with Crippen molar-refractivity contribution in [2.45, 2.75) is 57.5 Å². The van der Waals surface area contributed by atoms with Crippen molar-refractivity contribution in [2.75, 3.05) is 26.2 Å². The Hall–Kier alpha value is -0.610. The van der Waals surface area contributed by atoms with Crippen LogP contribution >= 0.6 is 0 Å². The molecule has 1 saturated heterocycles. The molecule has 0 amide bonds. The van der Waals surface area contributed by atoms with Crippen molar-refractivity contribution >= 4 is 5.97 Å². The first-order valence-corrected chi connectivity index (χ1v) is 7.37. The molecule has 2 aliphatic rings. The van der Waals surface area contributed by atoms with Gasteiger partial charge in [0.1, 0.15) is 5.54 Å². The van der Waals surface area contributed by atoms with Gasteiger partial charge in [0, 0.05) is 19.1 Å². The number of hydrogen-bond acceptors (Lipinski definition) is 4. The summed E-state index contributed by atoms with van der Waals surface area (Å²) in [5.41, 5.74) is -0.401. The molecule has 18 heavy (non-hydrogen) atoms. The summed E-state index contributed by atoms with van der Waals surface area (Å²) in [6, 6.07) is 0.548. The van der Waals surface area contributed by atoms with Gasteiger partial charge in [-0.3, -0.25) is 10.1 Å². The van der Waals surface area contributed by atoms with Gasteiger partial charge in [-0.2, -0.15) is 0 Å². The Morgan fingerprint density at radius 2 is 2.00 bits per heavy atom. The Labute approximate surface area is 110 Å². The van der Waals surface area contributed by atoms with E-state index in [1.165, 1.54) is 19.3 Å². The van der Waals surface area contributed by atoms with Crippen molar-refractivity contribution in [2.24, 2.45) is 0 Å². The first kappa shape index (κ1) is 13.8. The van der Waals surface area contributed by atoms with Gasteiger partial charge in [-0.1, -0.05) is 6.92 Å². The molecule has 0 aromatic carbocycles. The fourth-order valence-electron chi connectivity index (χ4n) is 2.77. The lowest BCUT2D eigenvalue weighted by atomic mass is 9.87. The number of hydrogen-bond donors (Lipinski definition) is 1. The van der Waals surface area contributed by atoms with Crippen LogP contribution in [0.25, 0.3) is 0 Å². The van der Waals surface area contributed by atoms with Gasteiger partial charge in [0.05, 0.1) is 6.61 Å². The second-order valence-corrected chi connectivity index (χ2v) is 5.56. The molecule has 0 aromatic heterocycles. The number of carbonyl (C=O) groups is 1. The van der Waals surface area contributed by atoms with E-state index in [1.54, 1.807) is 0 Å². The monoisotopic (exact) mass is 254 g/mol. The van der Waals surface area contributed by atoms with Crippen LogP contribution in [0.3, 0.4) is 0 Å². The quantitative estimate of drug-likeness (QED) is 0.730. The van der Waals surface area contributed by atoms with Crippen molar-refractivity contribution in [1.29, 1.82) is 0 Å². The third-order valence-corrected chi connectivity index (χ3v) is 3.97. The summed E-state index contributed by atoms with van der Waals surface area (Å²) in [7, 11) is 0. The summed E-state index contributed by atoms with van der Waals surface area (Å²) in [5, 5.41) is 3.55. The van der Waals surface area contributed by atoms with Crippen LogP contribution in [-0.2, 0) is 9.53 Å². The molecule has 1 aliphatic heterocycles. The average molecular weight is 254 g/mol. The molecule has 4 nitrogen and oxygen atoms in total. The maximum Gasteiger partial charge on any atom is 0.326 e. The molecule has 2 rings (SSSR count). The normalized spacial score (nSPS) is 23.9. The third kappa shape index (κ3) is 3.23. The average Bonchev–Trinajstić information content (AvgIpc) is 3.16. The van der Waals surface area contributed by atoms with Crippen LogP contribution in [0.5, 0.6) is 0 Å². The summed E-state index contributed by atoms with van der Waals surface area (Å²) in [4.78, 5) is 14.7. The summed E-state index contributed by atoms with van der Waals surface area (Å²) in [6.45, 7) is 7.72. The largest absolute Gasteiger partial charge is 0.465 e. The van der Waals surface area contributed by atoms with E-state index in [0.717, 1.165) is 32.5 Å². The zero-order valence-corrected chi connectivity index (χ0v) is 11.7. The molecule has 4 heteroatoms. The minimum absolute atomic E-state index is 0.0342. The van der Waals surface area contributed by atoms with Crippen LogP contribution in [-0.4, -0.2) is 48.7 Å². The van der Waals surface area contributed by atoms with Gasteiger partial charge in [0.15, 0.2) is 0 Å². The van der Waals surface area contributed by atoms with E-state index in [2.05, 4.69) is 17.1 Å². The second-order valence-electron chi connectivity index (χ2n) is 5.56. The maximum atomic E-state index is 12.2. The van der Waals surface area contributed by atoms with E-state index in [9.17, 15) is 4.79 Å². The van der Waals surface area contributed by atoms with Gasteiger partial charge >= 0.3 is 5.97 Å². The van der Waals surface area contributed by atoms with Crippen molar-refractivity contribution in [3.8, 4) is 0 Å². The van der Waals surface area contributed by atoms with E-state index in [0.29, 0.717) is 12.6 Å². The highest BCUT2D eigenvalue weighted by Gasteiger charge is 2.45. The van der Waals surface area contributed by atoms with Crippen LogP contribution in [0.2, 0.25) is 0 Å².